The number of aryl methyl sites for hydroxylation is 1. The summed E-state index contributed by atoms with van der Waals surface area (Å²) in [4.78, 5) is 26.9. The molecule has 3 rings (SSSR count). The Labute approximate surface area is 165 Å². The maximum Gasteiger partial charge on any atom is 0.255 e. The summed E-state index contributed by atoms with van der Waals surface area (Å²) in [5.41, 5.74) is 4.03. The maximum atomic E-state index is 12.6. The lowest BCUT2D eigenvalue weighted by Gasteiger charge is -2.30. The average molecular weight is 381 g/mol. The number of carbonyl (C=O) groups is 2. The van der Waals surface area contributed by atoms with Crippen molar-refractivity contribution in [2.45, 2.75) is 26.8 Å². The van der Waals surface area contributed by atoms with Crippen molar-refractivity contribution in [3.63, 3.8) is 0 Å². The van der Waals surface area contributed by atoms with Crippen LogP contribution in [-0.2, 0) is 4.74 Å². The van der Waals surface area contributed by atoms with Crippen LogP contribution in [0.5, 0.6) is 0 Å². The van der Waals surface area contributed by atoms with Gasteiger partial charge in [-0.3, -0.25) is 9.59 Å². The van der Waals surface area contributed by atoms with Crippen molar-refractivity contribution in [1.82, 2.24) is 5.32 Å². The molecule has 148 valence electrons. The largest absolute Gasteiger partial charge is 0.378 e. The third kappa shape index (κ3) is 4.89. The lowest BCUT2D eigenvalue weighted by atomic mass is 10.1. The number of nitrogens with zero attached hydrogens (tertiary/aromatic N) is 1. The Kier molecular flexibility index (Phi) is 6.31. The van der Waals surface area contributed by atoms with E-state index in [0.717, 1.165) is 37.6 Å². The number of rotatable bonds is 5. The molecule has 0 aliphatic carbocycles. The summed E-state index contributed by atoms with van der Waals surface area (Å²) in [5.74, 6) is -0.293. The average Bonchev–Trinajstić information content (AvgIpc) is 2.68. The second-order valence-corrected chi connectivity index (χ2v) is 7.26. The van der Waals surface area contributed by atoms with E-state index in [1.54, 1.807) is 24.3 Å². The third-order valence-electron chi connectivity index (χ3n) is 4.64. The van der Waals surface area contributed by atoms with Crippen LogP contribution in [0.25, 0.3) is 0 Å². The number of amides is 2. The molecule has 1 aliphatic heterocycles. The van der Waals surface area contributed by atoms with Crippen molar-refractivity contribution in [2.75, 3.05) is 36.5 Å². The first-order chi connectivity index (χ1) is 13.4. The minimum Gasteiger partial charge on any atom is -0.378 e. The van der Waals surface area contributed by atoms with Crippen LogP contribution in [0.1, 0.15) is 40.1 Å². The number of morpholine rings is 1. The smallest absolute Gasteiger partial charge is 0.255 e. The zero-order chi connectivity index (χ0) is 20.1. The van der Waals surface area contributed by atoms with E-state index in [0.29, 0.717) is 16.8 Å². The summed E-state index contributed by atoms with van der Waals surface area (Å²) in [5, 5.41) is 5.73. The van der Waals surface area contributed by atoms with Crippen molar-refractivity contribution in [3.05, 3.63) is 59.2 Å². The van der Waals surface area contributed by atoms with E-state index in [9.17, 15) is 9.59 Å². The van der Waals surface area contributed by atoms with Crippen LogP contribution in [0.4, 0.5) is 11.4 Å². The highest BCUT2D eigenvalue weighted by molar-refractivity contribution is 6.05. The molecule has 2 aromatic rings. The summed E-state index contributed by atoms with van der Waals surface area (Å²) in [7, 11) is 0. The molecule has 2 amide bonds. The van der Waals surface area contributed by atoms with E-state index in [4.69, 9.17) is 4.74 Å². The molecule has 1 saturated heterocycles. The first-order valence-electron chi connectivity index (χ1n) is 9.59. The van der Waals surface area contributed by atoms with Gasteiger partial charge in [-0.15, -0.1) is 0 Å². The second-order valence-electron chi connectivity index (χ2n) is 7.26. The molecule has 1 heterocycles. The number of hydrogen-bond acceptors (Lipinski definition) is 4. The number of carbonyl (C=O) groups excluding carboxylic acids is 2. The van der Waals surface area contributed by atoms with Gasteiger partial charge in [0.15, 0.2) is 0 Å². The van der Waals surface area contributed by atoms with Gasteiger partial charge in [-0.2, -0.15) is 0 Å². The molecule has 0 saturated carbocycles. The SMILES string of the molecule is Cc1cc(C(=O)Nc2ccc(C(=O)NC(C)C)cc2)ccc1N1CCOCC1. The van der Waals surface area contributed by atoms with Crippen molar-refractivity contribution in [2.24, 2.45) is 0 Å². The monoisotopic (exact) mass is 381 g/mol. The fourth-order valence-corrected chi connectivity index (χ4v) is 3.21. The fourth-order valence-electron chi connectivity index (χ4n) is 3.21. The maximum absolute atomic E-state index is 12.6. The zero-order valence-electron chi connectivity index (χ0n) is 16.6. The quantitative estimate of drug-likeness (QED) is 0.834. The molecule has 0 unspecified atom stereocenters. The number of nitrogens with one attached hydrogen (secondary N) is 2. The number of hydrogen-bond donors (Lipinski definition) is 2. The van der Waals surface area contributed by atoms with E-state index < -0.39 is 0 Å². The standard InChI is InChI=1S/C22H27N3O3/c1-15(2)23-21(26)17-4-7-19(8-5-17)24-22(27)18-6-9-20(16(3)14-18)25-10-12-28-13-11-25/h4-9,14-15H,10-13H2,1-3H3,(H,23,26)(H,24,27). The molecule has 6 heteroatoms. The molecular formula is C22H27N3O3. The summed E-state index contributed by atoms with van der Waals surface area (Å²) in [6.07, 6.45) is 0. The summed E-state index contributed by atoms with van der Waals surface area (Å²) in [6.45, 7) is 9.04. The van der Waals surface area contributed by atoms with E-state index in [1.165, 1.54) is 0 Å². The van der Waals surface area contributed by atoms with E-state index >= 15 is 0 Å². The predicted octanol–water partition coefficient (Wildman–Crippen LogP) is 3.22. The Morgan fingerprint density at radius 1 is 0.964 bits per heavy atom. The van der Waals surface area contributed by atoms with Gasteiger partial charge in [0.2, 0.25) is 0 Å². The van der Waals surface area contributed by atoms with E-state index in [-0.39, 0.29) is 17.9 Å². The zero-order valence-corrected chi connectivity index (χ0v) is 16.6. The van der Waals surface area contributed by atoms with Gasteiger partial charge < -0.3 is 20.3 Å². The lowest BCUT2D eigenvalue weighted by Crippen LogP contribution is -2.36. The molecule has 0 radical (unpaired) electrons. The van der Waals surface area contributed by atoms with Crippen molar-refractivity contribution in [3.8, 4) is 0 Å². The summed E-state index contributed by atoms with van der Waals surface area (Å²) in [6, 6.07) is 12.7. The minimum absolute atomic E-state index is 0.0792. The summed E-state index contributed by atoms with van der Waals surface area (Å²) < 4.78 is 5.40. The van der Waals surface area contributed by atoms with Crippen LogP contribution < -0.4 is 15.5 Å². The molecule has 1 fully saturated rings. The van der Waals surface area contributed by atoms with E-state index in [1.807, 2.05) is 39.0 Å². The Balaban J connectivity index is 1.66. The van der Waals surface area contributed by atoms with Gasteiger partial charge >= 0.3 is 0 Å². The molecular weight excluding hydrogens is 354 g/mol. The van der Waals surface area contributed by atoms with Gasteiger partial charge in [0, 0.05) is 41.6 Å². The van der Waals surface area contributed by atoms with Gasteiger partial charge in [0.25, 0.3) is 11.8 Å². The Morgan fingerprint density at radius 2 is 1.61 bits per heavy atom. The molecule has 0 bridgehead atoms. The van der Waals surface area contributed by atoms with Crippen molar-refractivity contribution in [1.29, 1.82) is 0 Å². The van der Waals surface area contributed by atoms with Crippen LogP contribution in [0, 0.1) is 6.92 Å². The molecule has 0 spiro atoms. The highest BCUT2D eigenvalue weighted by Crippen LogP contribution is 2.23. The predicted molar refractivity (Wildman–Crippen MR) is 111 cm³/mol. The van der Waals surface area contributed by atoms with Crippen LogP contribution in [0.3, 0.4) is 0 Å². The molecule has 28 heavy (non-hydrogen) atoms. The van der Waals surface area contributed by atoms with Crippen LogP contribution in [0.15, 0.2) is 42.5 Å². The molecule has 2 N–H and O–H groups in total. The normalized spacial score (nSPS) is 14.1. The van der Waals surface area contributed by atoms with Crippen LogP contribution in [-0.4, -0.2) is 44.2 Å². The molecule has 0 aromatic heterocycles. The topological polar surface area (TPSA) is 70.7 Å². The van der Waals surface area contributed by atoms with Crippen molar-refractivity contribution >= 4 is 23.2 Å². The van der Waals surface area contributed by atoms with Crippen LogP contribution in [0.2, 0.25) is 0 Å². The highest BCUT2D eigenvalue weighted by atomic mass is 16.5. The lowest BCUT2D eigenvalue weighted by molar-refractivity contribution is 0.0942. The van der Waals surface area contributed by atoms with E-state index in [2.05, 4.69) is 15.5 Å². The van der Waals surface area contributed by atoms with Crippen LogP contribution >= 0.6 is 0 Å². The van der Waals surface area contributed by atoms with Gasteiger partial charge in [0.05, 0.1) is 13.2 Å². The highest BCUT2D eigenvalue weighted by Gasteiger charge is 2.15. The Bertz CT molecular complexity index is 841. The van der Waals surface area contributed by atoms with Gasteiger partial charge in [-0.1, -0.05) is 0 Å². The molecule has 1 aliphatic rings. The fraction of sp³-hybridized carbons (Fsp3) is 0.364. The number of benzene rings is 2. The third-order valence-corrected chi connectivity index (χ3v) is 4.64. The second kappa shape index (κ2) is 8.89. The first-order valence-corrected chi connectivity index (χ1v) is 9.59. The molecule has 6 nitrogen and oxygen atoms in total. The number of ether oxygens (including phenoxy) is 1. The van der Waals surface area contributed by atoms with Gasteiger partial charge in [-0.25, -0.2) is 0 Å². The minimum atomic E-state index is -0.170. The molecule has 0 atom stereocenters. The number of anilines is 2. The van der Waals surface area contributed by atoms with Crippen molar-refractivity contribution < 1.29 is 14.3 Å². The Hall–Kier alpha value is -2.86. The summed E-state index contributed by atoms with van der Waals surface area (Å²) >= 11 is 0. The molecule has 2 aromatic carbocycles. The Morgan fingerprint density at radius 3 is 2.21 bits per heavy atom. The van der Waals surface area contributed by atoms with Gasteiger partial charge in [0.1, 0.15) is 0 Å². The van der Waals surface area contributed by atoms with Gasteiger partial charge in [-0.05, 0) is 68.8 Å². The first kappa shape index (κ1) is 19.9.